The first kappa shape index (κ1) is 20.0. The van der Waals surface area contributed by atoms with E-state index in [9.17, 15) is 23.5 Å². The Kier molecular flexibility index (Phi) is 5.61. The molecule has 1 amide bonds. The number of nitriles is 1. The number of hydrogen-bond donors (Lipinski definition) is 2. The molecule has 0 unspecified atom stereocenters. The average molecular weight is 417 g/mol. The van der Waals surface area contributed by atoms with Gasteiger partial charge in [-0.15, -0.1) is 0 Å². The topological polar surface area (TPSA) is 99.4 Å². The summed E-state index contributed by atoms with van der Waals surface area (Å²) >= 11 is 5.93. The van der Waals surface area contributed by atoms with E-state index < -0.39 is 35.4 Å². The summed E-state index contributed by atoms with van der Waals surface area (Å²) in [4.78, 5) is 24.1. The van der Waals surface area contributed by atoms with Crippen molar-refractivity contribution in [3.8, 4) is 11.8 Å². The van der Waals surface area contributed by atoms with Crippen molar-refractivity contribution < 1.29 is 28.2 Å². The van der Waals surface area contributed by atoms with Crippen LogP contribution in [0, 0.1) is 11.3 Å². The van der Waals surface area contributed by atoms with E-state index in [1.807, 2.05) is 0 Å². The number of carboxylic acids is 1. The van der Waals surface area contributed by atoms with Crippen LogP contribution in [-0.2, 0) is 0 Å². The molecule has 0 spiro atoms. The number of amides is 1. The number of nitrogens with one attached hydrogen (secondary N) is 1. The number of carbonyl (C=O) groups is 2. The molecular formula is C20H11ClF2N2O4. The van der Waals surface area contributed by atoms with E-state index in [-0.39, 0.29) is 11.3 Å². The van der Waals surface area contributed by atoms with Crippen molar-refractivity contribution in [2.24, 2.45) is 0 Å². The van der Waals surface area contributed by atoms with Crippen LogP contribution in [0.5, 0.6) is 5.75 Å². The summed E-state index contributed by atoms with van der Waals surface area (Å²) in [6, 6.07) is 13.2. The van der Waals surface area contributed by atoms with Gasteiger partial charge in [0.05, 0.1) is 16.8 Å². The van der Waals surface area contributed by atoms with Gasteiger partial charge in [0, 0.05) is 16.7 Å². The fraction of sp³-hybridized carbons (Fsp3) is 0.0500. The van der Waals surface area contributed by atoms with Gasteiger partial charge >= 0.3 is 12.6 Å². The number of rotatable bonds is 5. The third-order valence-electron chi connectivity index (χ3n) is 4.00. The fourth-order valence-corrected chi connectivity index (χ4v) is 2.87. The van der Waals surface area contributed by atoms with Gasteiger partial charge in [0.15, 0.2) is 0 Å². The van der Waals surface area contributed by atoms with Gasteiger partial charge in [0.2, 0.25) is 0 Å². The van der Waals surface area contributed by atoms with E-state index >= 15 is 0 Å². The van der Waals surface area contributed by atoms with Crippen LogP contribution in [0.3, 0.4) is 0 Å². The first-order chi connectivity index (χ1) is 13.8. The molecule has 3 rings (SSSR count). The van der Waals surface area contributed by atoms with Gasteiger partial charge in [-0.3, -0.25) is 4.79 Å². The minimum absolute atomic E-state index is 0.205. The fourth-order valence-electron chi connectivity index (χ4n) is 2.69. The summed E-state index contributed by atoms with van der Waals surface area (Å²) in [7, 11) is 0. The number of carbonyl (C=O) groups excluding carboxylic acids is 1. The van der Waals surface area contributed by atoms with E-state index in [2.05, 4.69) is 10.1 Å². The molecule has 0 bridgehead atoms. The van der Waals surface area contributed by atoms with Crippen molar-refractivity contribution in [3.05, 3.63) is 70.2 Å². The van der Waals surface area contributed by atoms with Gasteiger partial charge < -0.3 is 15.2 Å². The number of alkyl halides is 2. The van der Waals surface area contributed by atoms with Crippen LogP contribution in [-0.4, -0.2) is 23.6 Å². The molecule has 29 heavy (non-hydrogen) atoms. The number of carboxylic acid groups (broad SMARTS) is 1. The van der Waals surface area contributed by atoms with Crippen LogP contribution >= 0.6 is 11.6 Å². The standard InChI is InChI=1S/C20H11ClF2N2O4/c21-14-4-3-10-5-12(2-1-11(10)6-14)18(26)25-16-8-17(29-20(22)23)13(9-24)7-15(16)19(27)28/h1-8,20H,(H,25,26)(H,27,28). The average Bonchev–Trinajstić information content (AvgIpc) is 2.67. The molecule has 6 nitrogen and oxygen atoms in total. The summed E-state index contributed by atoms with van der Waals surface area (Å²) in [5, 5.41) is 22.8. The molecule has 0 aliphatic heterocycles. The second kappa shape index (κ2) is 8.12. The number of benzene rings is 3. The maximum absolute atomic E-state index is 12.6. The molecule has 0 atom stereocenters. The maximum Gasteiger partial charge on any atom is 0.387 e. The number of fused-ring (bicyclic) bond motifs is 1. The molecular weight excluding hydrogens is 406 g/mol. The Hall–Kier alpha value is -3.70. The van der Waals surface area contributed by atoms with Crippen LogP contribution < -0.4 is 10.1 Å². The molecule has 2 N–H and O–H groups in total. The Labute approximate surface area is 167 Å². The molecule has 3 aromatic rings. The molecule has 0 saturated carbocycles. The van der Waals surface area contributed by atoms with Gasteiger partial charge in [-0.25, -0.2) is 4.79 Å². The Morgan fingerprint density at radius 1 is 1.10 bits per heavy atom. The zero-order valence-corrected chi connectivity index (χ0v) is 15.2. The SMILES string of the molecule is N#Cc1cc(C(=O)O)c(NC(=O)c2ccc3cc(Cl)ccc3c2)cc1OC(F)F. The smallest absolute Gasteiger partial charge is 0.387 e. The highest BCUT2D eigenvalue weighted by Crippen LogP contribution is 2.29. The maximum atomic E-state index is 12.6. The number of halogens is 3. The van der Waals surface area contributed by atoms with Crippen molar-refractivity contribution in [1.82, 2.24) is 0 Å². The zero-order valence-electron chi connectivity index (χ0n) is 14.4. The highest BCUT2D eigenvalue weighted by molar-refractivity contribution is 6.31. The number of nitrogens with zero attached hydrogens (tertiary/aromatic N) is 1. The monoisotopic (exact) mass is 416 g/mol. The molecule has 0 aliphatic rings. The first-order valence-corrected chi connectivity index (χ1v) is 8.43. The predicted molar refractivity (Wildman–Crippen MR) is 102 cm³/mol. The lowest BCUT2D eigenvalue weighted by atomic mass is 10.1. The van der Waals surface area contributed by atoms with E-state index in [0.29, 0.717) is 5.02 Å². The van der Waals surface area contributed by atoms with Crippen molar-refractivity contribution in [1.29, 1.82) is 5.26 Å². The van der Waals surface area contributed by atoms with Gasteiger partial charge in [-0.1, -0.05) is 23.7 Å². The lowest BCUT2D eigenvalue weighted by Gasteiger charge is -2.13. The third kappa shape index (κ3) is 4.42. The van der Waals surface area contributed by atoms with Gasteiger partial charge in [-0.05, 0) is 41.1 Å². The minimum Gasteiger partial charge on any atom is -0.478 e. The summed E-state index contributed by atoms with van der Waals surface area (Å²) in [6.45, 7) is -3.23. The first-order valence-electron chi connectivity index (χ1n) is 8.05. The number of aromatic carboxylic acids is 1. The highest BCUT2D eigenvalue weighted by Gasteiger charge is 2.20. The highest BCUT2D eigenvalue weighted by atomic mass is 35.5. The van der Waals surface area contributed by atoms with Crippen LogP contribution in [0.1, 0.15) is 26.3 Å². The Bertz CT molecular complexity index is 1180. The lowest BCUT2D eigenvalue weighted by molar-refractivity contribution is -0.0499. The molecule has 0 heterocycles. The Balaban J connectivity index is 1.99. The molecule has 9 heteroatoms. The minimum atomic E-state index is -3.23. The van der Waals surface area contributed by atoms with Crippen molar-refractivity contribution in [2.45, 2.75) is 6.61 Å². The molecule has 3 aromatic carbocycles. The van der Waals surface area contributed by atoms with E-state index in [0.717, 1.165) is 22.9 Å². The van der Waals surface area contributed by atoms with Crippen LogP contribution in [0.4, 0.5) is 14.5 Å². The van der Waals surface area contributed by atoms with Gasteiger partial charge in [0.1, 0.15) is 11.8 Å². The normalized spacial score (nSPS) is 10.6. The van der Waals surface area contributed by atoms with E-state index in [1.165, 1.54) is 6.07 Å². The Morgan fingerprint density at radius 2 is 1.79 bits per heavy atom. The number of anilines is 1. The molecule has 0 aromatic heterocycles. The second-order valence-corrected chi connectivity index (χ2v) is 6.29. The third-order valence-corrected chi connectivity index (χ3v) is 4.23. The van der Waals surface area contributed by atoms with Gasteiger partial charge in [-0.2, -0.15) is 14.0 Å². The van der Waals surface area contributed by atoms with Crippen LogP contribution in [0.2, 0.25) is 5.02 Å². The Morgan fingerprint density at radius 3 is 2.45 bits per heavy atom. The second-order valence-electron chi connectivity index (χ2n) is 5.85. The van der Waals surface area contributed by atoms with E-state index in [4.69, 9.17) is 16.9 Å². The lowest BCUT2D eigenvalue weighted by Crippen LogP contribution is -2.16. The number of hydrogen-bond acceptors (Lipinski definition) is 4. The molecule has 0 fully saturated rings. The van der Waals surface area contributed by atoms with Crippen LogP contribution in [0.25, 0.3) is 10.8 Å². The van der Waals surface area contributed by atoms with Crippen molar-refractivity contribution in [3.63, 3.8) is 0 Å². The predicted octanol–water partition coefficient (Wildman–Crippen LogP) is 4.92. The summed E-state index contributed by atoms with van der Waals surface area (Å²) in [5.41, 5.74) is -0.919. The van der Waals surface area contributed by atoms with E-state index in [1.54, 1.807) is 36.4 Å². The quantitative estimate of drug-likeness (QED) is 0.615. The van der Waals surface area contributed by atoms with Crippen molar-refractivity contribution in [2.75, 3.05) is 5.32 Å². The molecule has 0 aliphatic carbocycles. The largest absolute Gasteiger partial charge is 0.478 e. The molecule has 0 radical (unpaired) electrons. The number of ether oxygens (including phenoxy) is 1. The zero-order chi connectivity index (χ0) is 21.1. The summed E-state index contributed by atoms with van der Waals surface area (Å²) < 4.78 is 29.4. The summed E-state index contributed by atoms with van der Waals surface area (Å²) in [5.74, 6) is -2.67. The summed E-state index contributed by atoms with van der Waals surface area (Å²) in [6.07, 6.45) is 0. The van der Waals surface area contributed by atoms with Crippen molar-refractivity contribution >= 4 is 39.9 Å². The van der Waals surface area contributed by atoms with Crippen LogP contribution in [0.15, 0.2) is 48.5 Å². The molecule has 0 saturated heterocycles. The molecule has 146 valence electrons. The van der Waals surface area contributed by atoms with Gasteiger partial charge in [0.25, 0.3) is 5.91 Å².